The summed E-state index contributed by atoms with van der Waals surface area (Å²) < 4.78 is 13.1. The zero-order chi connectivity index (χ0) is 14.4. The molecule has 2 aromatic rings. The number of halogens is 1. The molecule has 1 nitrogen and oxygen atoms in total. The Balaban J connectivity index is 1.78. The SMILES string of the molecule is Cc1ccccc1CCNC(C)Cc1cccc(F)c1. The minimum absolute atomic E-state index is 0.158. The summed E-state index contributed by atoms with van der Waals surface area (Å²) in [5, 5.41) is 3.50. The van der Waals surface area contributed by atoms with Gasteiger partial charge in [0, 0.05) is 6.04 Å². The van der Waals surface area contributed by atoms with E-state index < -0.39 is 0 Å². The Morgan fingerprint density at radius 2 is 1.90 bits per heavy atom. The maximum Gasteiger partial charge on any atom is 0.123 e. The van der Waals surface area contributed by atoms with Crippen molar-refractivity contribution >= 4 is 0 Å². The monoisotopic (exact) mass is 271 g/mol. The molecule has 0 saturated heterocycles. The van der Waals surface area contributed by atoms with Crippen LogP contribution in [0.5, 0.6) is 0 Å². The van der Waals surface area contributed by atoms with E-state index in [2.05, 4.69) is 43.4 Å². The maximum atomic E-state index is 13.1. The summed E-state index contributed by atoms with van der Waals surface area (Å²) in [6.07, 6.45) is 1.88. The van der Waals surface area contributed by atoms with Crippen molar-refractivity contribution in [2.45, 2.75) is 32.7 Å². The van der Waals surface area contributed by atoms with Crippen LogP contribution in [0.15, 0.2) is 48.5 Å². The van der Waals surface area contributed by atoms with Crippen LogP contribution in [0.3, 0.4) is 0 Å². The van der Waals surface area contributed by atoms with E-state index in [4.69, 9.17) is 0 Å². The third-order valence-corrected chi connectivity index (χ3v) is 3.58. The third kappa shape index (κ3) is 4.46. The van der Waals surface area contributed by atoms with Crippen LogP contribution in [-0.4, -0.2) is 12.6 Å². The molecule has 0 fully saturated rings. The zero-order valence-corrected chi connectivity index (χ0v) is 12.2. The fourth-order valence-electron chi connectivity index (χ4n) is 2.43. The molecule has 20 heavy (non-hydrogen) atoms. The third-order valence-electron chi connectivity index (χ3n) is 3.58. The van der Waals surface area contributed by atoms with Gasteiger partial charge in [0.1, 0.15) is 5.82 Å². The number of nitrogens with one attached hydrogen (secondary N) is 1. The molecule has 106 valence electrons. The van der Waals surface area contributed by atoms with Gasteiger partial charge in [0.2, 0.25) is 0 Å². The summed E-state index contributed by atoms with van der Waals surface area (Å²) in [7, 11) is 0. The van der Waals surface area contributed by atoms with Crippen LogP contribution in [0.4, 0.5) is 4.39 Å². The molecule has 0 bridgehead atoms. The summed E-state index contributed by atoms with van der Waals surface area (Å²) in [6, 6.07) is 15.7. The predicted molar refractivity (Wildman–Crippen MR) is 82.5 cm³/mol. The molecule has 1 N–H and O–H groups in total. The van der Waals surface area contributed by atoms with Crippen molar-refractivity contribution < 1.29 is 4.39 Å². The van der Waals surface area contributed by atoms with E-state index in [1.165, 1.54) is 17.2 Å². The Kier molecular flexibility index (Phi) is 5.31. The molecule has 0 saturated carbocycles. The summed E-state index contributed by atoms with van der Waals surface area (Å²) in [6.45, 7) is 5.23. The molecule has 0 aromatic heterocycles. The van der Waals surface area contributed by atoms with Gasteiger partial charge in [0.05, 0.1) is 0 Å². The zero-order valence-electron chi connectivity index (χ0n) is 12.2. The van der Waals surface area contributed by atoms with Crippen molar-refractivity contribution in [1.29, 1.82) is 0 Å². The quantitative estimate of drug-likeness (QED) is 0.840. The highest BCUT2D eigenvalue weighted by Gasteiger charge is 2.04. The van der Waals surface area contributed by atoms with E-state index in [1.807, 2.05) is 6.07 Å². The molecule has 0 amide bonds. The molecule has 0 heterocycles. The lowest BCUT2D eigenvalue weighted by Crippen LogP contribution is -2.30. The van der Waals surface area contributed by atoms with Crippen LogP contribution < -0.4 is 5.32 Å². The van der Waals surface area contributed by atoms with Crippen LogP contribution in [0.2, 0.25) is 0 Å². The molecule has 2 aromatic carbocycles. The van der Waals surface area contributed by atoms with Crippen molar-refractivity contribution in [3.63, 3.8) is 0 Å². The van der Waals surface area contributed by atoms with Gasteiger partial charge in [-0.15, -0.1) is 0 Å². The molecule has 1 unspecified atom stereocenters. The minimum Gasteiger partial charge on any atom is -0.314 e. The van der Waals surface area contributed by atoms with Gasteiger partial charge in [-0.3, -0.25) is 0 Å². The van der Waals surface area contributed by atoms with Crippen molar-refractivity contribution in [2.75, 3.05) is 6.54 Å². The van der Waals surface area contributed by atoms with Crippen LogP contribution in [-0.2, 0) is 12.8 Å². The van der Waals surface area contributed by atoms with Crippen LogP contribution in [0.25, 0.3) is 0 Å². The van der Waals surface area contributed by atoms with Crippen LogP contribution in [0, 0.1) is 12.7 Å². The average molecular weight is 271 g/mol. The largest absolute Gasteiger partial charge is 0.314 e. The number of hydrogen-bond donors (Lipinski definition) is 1. The molecule has 0 radical (unpaired) electrons. The van der Waals surface area contributed by atoms with Gasteiger partial charge in [-0.25, -0.2) is 4.39 Å². The van der Waals surface area contributed by atoms with Crippen LogP contribution >= 0.6 is 0 Å². The van der Waals surface area contributed by atoms with Gasteiger partial charge in [0.25, 0.3) is 0 Å². The van der Waals surface area contributed by atoms with Gasteiger partial charge < -0.3 is 5.32 Å². The Morgan fingerprint density at radius 1 is 1.10 bits per heavy atom. The Bertz CT molecular complexity index is 551. The topological polar surface area (TPSA) is 12.0 Å². The number of benzene rings is 2. The van der Waals surface area contributed by atoms with Crippen molar-refractivity contribution in [3.8, 4) is 0 Å². The molecule has 2 rings (SSSR count). The maximum absolute atomic E-state index is 13.1. The molecule has 0 aliphatic rings. The van der Waals surface area contributed by atoms with E-state index in [-0.39, 0.29) is 5.82 Å². The molecular weight excluding hydrogens is 249 g/mol. The molecular formula is C18H22FN. The van der Waals surface area contributed by atoms with Crippen molar-refractivity contribution in [1.82, 2.24) is 5.32 Å². The molecule has 0 aliphatic heterocycles. The highest BCUT2D eigenvalue weighted by atomic mass is 19.1. The van der Waals surface area contributed by atoms with Gasteiger partial charge in [0.15, 0.2) is 0 Å². The number of rotatable bonds is 6. The smallest absolute Gasteiger partial charge is 0.123 e. The second-order valence-corrected chi connectivity index (χ2v) is 5.37. The van der Waals surface area contributed by atoms with Gasteiger partial charge >= 0.3 is 0 Å². The highest BCUT2D eigenvalue weighted by Crippen LogP contribution is 2.08. The molecule has 0 aliphatic carbocycles. The number of hydrogen-bond acceptors (Lipinski definition) is 1. The van der Waals surface area contributed by atoms with Crippen molar-refractivity contribution in [2.24, 2.45) is 0 Å². The van der Waals surface area contributed by atoms with Crippen molar-refractivity contribution in [3.05, 3.63) is 71.0 Å². The van der Waals surface area contributed by atoms with E-state index >= 15 is 0 Å². The first-order valence-electron chi connectivity index (χ1n) is 7.17. The first kappa shape index (κ1) is 14.7. The molecule has 0 spiro atoms. The van der Waals surface area contributed by atoms with Gasteiger partial charge in [-0.2, -0.15) is 0 Å². The summed E-state index contributed by atoms with van der Waals surface area (Å²) in [5.74, 6) is -0.158. The lowest BCUT2D eigenvalue weighted by atomic mass is 10.0. The first-order chi connectivity index (χ1) is 9.65. The minimum atomic E-state index is -0.158. The predicted octanol–water partition coefficient (Wildman–Crippen LogP) is 3.90. The fraction of sp³-hybridized carbons (Fsp3) is 0.333. The molecule has 2 heteroatoms. The summed E-state index contributed by atoms with van der Waals surface area (Å²) >= 11 is 0. The van der Waals surface area contributed by atoms with Gasteiger partial charge in [-0.05, 0) is 62.1 Å². The number of aryl methyl sites for hydroxylation is 1. The Morgan fingerprint density at radius 3 is 2.65 bits per heavy atom. The Labute approximate surface area is 120 Å². The molecule has 1 atom stereocenters. The fourth-order valence-corrected chi connectivity index (χ4v) is 2.43. The second-order valence-electron chi connectivity index (χ2n) is 5.37. The first-order valence-corrected chi connectivity index (χ1v) is 7.17. The average Bonchev–Trinajstić information content (AvgIpc) is 2.41. The lowest BCUT2D eigenvalue weighted by Gasteiger charge is -2.14. The normalized spacial score (nSPS) is 12.3. The highest BCUT2D eigenvalue weighted by molar-refractivity contribution is 5.25. The summed E-state index contributed by atoms with van der Waals surface area (Å²) in [4.78, 5) is 0. The van der Waals surface area contributed by atoms with E-state index in [1.54, 1.807) is 12.1 Å². The summed E-state index contributed by atoms with van der Waals surface area (Å²) in [5.41, 5.74) is 3.77. The second kappa shape index (κ2) is 7.20. The van der Waals surface area contributed by atoms with E-state index in [0.29, 0.717) is 6.04 Å². The van der Waals surface area contributed by atoms with E-state index in [9.17, 15) is 4.39 Å². The standard InChI is InChI=1S/C18H22FN/c1-14-6-3-4-8-17(14)10-11-20-15(2)12-16-7-5-9-18(19)13-16/h3-9,13,15,20H,10-12H2,1-2H3. The Hall–Kier alpha value is -1.67. The van der Waals surface area contributed by atoms with Crippen LogP contribution in [0.1, 0.15) is 23.6 Å². The van der Waals surface area contributed by atoms with Gasteiger partial charge in [-0.1, -0.05) is 36.4 Å². The van der Waals surface area contributed by atoms with E-state index in [0.717, 1.165) is 24.9 Å². The lowest BCUT2D eigenvalue weighted by molar-refractivity contribution is 0.545.